The minimum absolute atomic E-state index is 0.0208. The van der Waals surface area contributed by atoms with E-state index in [1.54, 1.807) is 0 Å². The van der Waals surface area contributed by atoms with Gasteiger partial charge in [-0.25, -0.2) is 4.79 Å². The van der Waals surface area contributed by atoms with Gasteiger partial charge in [-0.1, -0.05) is 37.6 Å². The molecule has 3 rings (SSSR count). The second-order valence-electron chi connectivity index (χ2n) is 9.62. The third kappa shape index (κ3) is 4.20. The molecule has 0 atom stereocenters. The summed E-state index contributed by atoms with van der Waals surface area (Å²) in [4.78, 5) is 32.3. The summed E-state index contributed by atoms with van der Waals surface area (Å²) in [6.07, 6.45) is 2.38. The standard InChI is InChI=1S/C24H37N3O2/c1-17(2)9-12-26-23(29)27(18(3)4)22(28)24(26)10-13-25(14-11-24)16-21-8-7-19(5)15-20(21)6/h7-8,15,17-18H,9-14,16H2,1-6H3. The molecule has 0 bridgehead atoms. The van der Waals surface area contributed by atoms with E-state index in [1.807, 2.05) is 18.7 Å². The SMILES string of the molecule is Cc1ccc(CN2CCC3(CC2)C(=O)N(C(C)C)C(=O)N3CCC(C)C)c(C)c1. The second kappa shape index (κ2) is 8.47. The maximum Gasteiger partial charge on any atom is 0.327 e. The Hall–Kier alpha value is -1.88. The zero-order chi connectivity index (χ0) is 21.3. The van der Waals surface area contributed by atoms with Gasteiger partial charge in [0, 0.05) is 32.2 Å². The highest BCUT2D eigenvalue weighted by Crippen LogP contribution is 2.39. The van der Waals surface area contributed by atoms with E-state index in [2.05, 4.69) is 50.8 Å². The number of urea groups is 1. The average molecular weight is 400 g/mol. The molecule has 1 aromatic rings. The van der Waals surface area contributed by atoms with Gasteiger partial charge in [-0.2, -0.15) is 0 Å². The van der Waals surface area contributed by atoms with Crippen LogP contribution in [0.3, 0.4) is 0 Å². The first-order valence-electron chi connectivity index (χ1n) is 11.1. The minimum atomic E-state index is -0.644. The van der Waals surface area contributed by atoms with Crippen molar-refractivity contribution in [1.82, 2.24) is 14.7 Å². The van der Waals surface area contributed by atoms with Crippen molar-refractivity contribution < 1.29 is 9.59 Å². The van der Waals surface area contributed by atoms with Gasteiger partial charge in [0.05, 0.1) is 0 Å². The second-order valence-corrected chi connectivity index (χ2v) is 9.62. The Morgan fingerprint density at radius 3 is 2.24 bits per heavy atom. The van der Waals surface area contributed by atoms with Crippen molar-refractivity contribution in [2.24, 2.45) is 5.92 Å². The molecule has 2 aliphatic heterocycles. The molecule has 0 radical (unpaired) electrons. The number of hydrogen-bond donors (Lipinski definition) is 0. The van der Waals surface area contributed by atoms with Gasteiger partial charge in [-0.3, -0.25) is 14.6 Å². The lowest BCUT2D eigenvalue weighted by Crippen LogP contribution is -2.56. The summed E-state index contributed by atoms with van der Waals surface area (Å²) in [6, 6.07) is 6.43. The van der Waals surface area contributed by atoms with Crippen LogP contribution in [-0.4, -0.2) is 57.9 Å². The molecular formula is C24H37N3O2. The van der Waals surface area contributed by atoms with E-state index in [9.17, 15) is 9.59 Å². The quantitative estimate of drug-likeness (QED) is 0.668. The maximum absolute atomic E-state index is 13.4. The molecule has 0 aromatic heterocycles. The Morgan fingerprint density at radius 2 is 1.69 bits per heavy atom. The van der Waals surface area contributed by atoms with Crippen LogP contribution in [0.4, 0.5) is 4.79 Å². The van der Waals surface area contributed by atoms with Crippen LogP contribution in [0.2, 0.25) is 0 Å². The lowest BCUT2D eigenvalue weighted by molar-refractivity contribution is -0.136. The highest BCUT2D eigenvalue weighted by atomic mass is 16.2. The molecule has 3 amide bonds. The van der Waals surface area contributed by atoms with Gasteiger partial charge >= 0.3 is 6.03 Å². The number of carbonyl (C=O) groups is 2. The van der Waals surface area contributed by atoms with Crippen LogP contribution in [0.15, 0.2) is 18.2 Å². The maximum atomic E-state index is 13.4. The molecular weight excluding hydrogens is 362 g/mol. The number of carbonyl (C=O) groups excluding carboxylic acids is 2. The number of piperidine rings is 1. The number of amides is 3. The minimum Gasteiger partial charge on any atom is -0.309 e. The first-order chi connectivity index (χ1) is 13.7. The Morgan fingerprint density at radius 1 is 1.03 bits per heavy atom. The number of benzene rings is 1. The van der Waals surface area contributed by atoms with Crippen molar-refractivity contribution in [3.63, 3.8) is 0 Å². The normalized spacial score (nSPS) is 20.0. The number of imide groups is 1. The lowest BCUT2D eigenvalue weighted by Gasteiger charge is -2.42. The molecule has 2 heterocycles. The van der Waals surface area contributed by atoms with Crippen LogP contribution >= 0.6 is 0 Å². The summed E-state index contributed by atoms with van der Waals surface area (Å²) >= 11 is 0. The zero-order valence-electron chi connectivity index (χ0n) is 19.0. The van der Waals surface area contributed by atoms with Crippen molar-refractivity contribution in [1.29, 1.82) is 0 Å². The number of nitrogens with zero attached hydrogens (tertiary/aromatic N) is 3. The first-order valence-corrected chi connectivity index (χ1v) is 11.1. The van der Waals surface area contributed by atoms with E-state index in [-0.39, 0.29) is 18.0 Å². The Kier molecular flexibility index (Phi) is 6.37. The van der Waals surface area contributed by atoms with Crippen LogP contribution in [0, 0.1) is 19.8 Å². The fraction of sp³-hybridized carbons (Fsp3) is 0.667. The third-order valence-electron chi connectivity index (χ3n) is 6.59. The van der Waals surface area contributed by atoms with Crippen molar-refractivity contribution in [2.45, 2.75) is 78.9 Å². The van der Waals surface area contributed by atoms with Crippen LogP contribution in [0.1, 0.15) is 63.6 Å². The third-order valence-corrected chi connectivity index (χ3v) is 6.59. The Balaban J connectivity index is 1.76. The van der Waals surface area contributed by atoms with E-state index >= 15 is 0 Å². The van der Waals surface area contributed by atoms with Crippen LogP contribution in [0.25, 0.3) is 0 Å². The van der Waals surface area contributed by atoms with Crippen molar-refractivity contribution >= 4 is 11.9 Å². The predicted molar refractivity (Wildman–Crippen MR) is 117 cm³/mol. The van der Waals surface area contributed by atoms with Crippen molar-refractivity contribution in [3.8, 4) is 0 Å². The molecule has 5 heteroatoms. The molecule has 1 spiro atoms. The molecule has 5 nitrogen and oxygen atoms in total. The summed E-state index contributed by atoms with van der Waals surface area (Å²) in [7, 11) is 0. The molecule has 1 aromatic carbocycles. The largest absolute Gasteiger partial charge is 0.327 e. The monoisotopic (exact) mass is 399 g/mol. The van der Waals surface area contributed by atoms with Crippen LogP contribution < -0.4 is 0 Å². The van der Waals surface area contributed by atoms with E-state index in [0.29, 0.717) is 12.5 Å². The summed E-state index contributed by atoms with van der Waals surface area (Å²) in [6.45, 7) is 15.8. The zero-order valence-corrected chi connectivity index (χ0v) is 19.0. The number of hydrogen-bond acceptors (Lipinski definition) is 3. The Bertz CT molecular complexity index is 763. The fourth-order valence-electron chi connectivity index (χ4n) is 4.72. The summed E-state index contributed by atoms with van der Waals surface area (Å²) in [5, 5.41) is 0. The molecule has 0 aliphatic carbocycles. The molecule has 2 saturated heterocycles. The van der Waals surface area contributed by atoms with Gasteiger partial charge in [0.2, 0.25) is 0 Å². The van der Waals surface area contributed by atoms with E-state index in [4.69, 9.17) is 0 Å². The molecule has 0 N–H and O–H groups in total. The molecule has 2 aliphatic rings. The predicted octanol–water partition coefficient (Wildman–Crippen LogP) is 4.36. The van der Waals surface area contributed by atoms with Crippen molar-refractivity contribution in [2.75, 3.05) is 19.6 Å². The first kappa shape index (κ1) is 21.8. The lowest BCUT2D eigenvalue weighted by atomic mass is 9.85. The summed E-state index contributed by atoms with van der Waals surface area (Å²) in [5.41, 5.74) is 3.31. The molecule has 2 fully saturated rings. The molecule has 160 valence electrons. The topological polar surface area (TPSA) is 43.9 Å². The average Bonchev–Trinajstić information content (AvgIpc) is 2.84. The van der Waals surface area contributed by atoms with Gasteiger partial charge in [0.25, 0.3) is 5.91 Å². The fourth-order valence-corrected chi connectivity index (χ4v) is 4.72. The van der Waals surface area contributed by atoms with Gasteiger partial charge in [0.15, 0.2) is 0 Å². The molecule has 29 heavy (non-hydrogen) atoms. The van der Waals surface area contributed by atoms with Crippen molar-refractivity contribution in [3.05, 3.63) is 34.9 Å². The van der Waals surface area contributed by atoms with Crippen LogP contribution in [-0.2, 0) is 11.3 Å². The highest BCUT2D eigenvalue weighted by molar-refractivity contribution is 6.07. The Labute approximate surface area is 176 Å². The number of aryl methyl sites for hydroxylation is 2. The van der Waals surface area contributed by atoms with Gasteiger partial charge < -0.3 is 4.90 Å². The van der Waals surface area contributed by atoms with Crippen LogP contribution in [0.5, 0.6) is 0 Å². The highest BCUT2D eigenvalue weighted by Gasteiger charge is 2.58. The summed E-state index contributed by atoms with van der Waals surface area (Å²) < 4.78 is 0. The number of rotatable bonds is 6. The van der Waals surface area contributed by atoms with Gasteiger partial charge in [0.1, 0.15) is 5.54 Å². The van der Waals surface area contributed by atoms with Gasteiger partial charge in [-0.15, -0.1) is 0 Å². The smallest absolute Gasteiger partial charge is 0.309 e. The number of likely N-dealkylation sites (tertiary alicyclic amines) is 1. The van der Waals surface area contributed by atoms with E-state index in [0.717, 1.165) is 38.9 Å². The summed E-state index contributed by atoms with van der Waals surface area (Å²) in [5.74, 6) is 0.528. The molecule has 0 unspecified atom stereocenters. The van der Waals surface area contributed by atoms with E-state index in [1.165, 1.54) is 21.6 Å². The van der Waals surface area contributed by atoms with E-state index < -0.39 is 5.54 Å². The molecule has 0 saturated carbocycles. The van der Waals surface area contributed by atoms with Gasteiger partial charge in [-0.05, 0) is 64.0 Å².